The van der Waals surface area contributed by atoms with Gasteiger partial charge >= 0.3 is 0 Å². The number of hydrogen-bond donors (Lipinski definition) is 1. The van der Waals surface area contributed by atoms with Crippen LogP contribution in [0, 0.1) is 0 Å². The molecule has 1 heterocycles. The molecule has 0 spiro atoms. The Kier molecular flexibility index (Phi) is 4.61. The van der Waals surface area contributed by atoms with Gasteiger partial charge in [0, 0.05) is 24.5 Å². The van der Waals surface area contributed by atoms with Crippen LogP contribution in [-0.4, -0.2) is 35.1 Å². The maximum Gasteiger partial charge on any atom is 0.222 e. The van der Waals surface area contributed by atoms with Crippen LogP contribution in [0.15, 0.2) is 24.3 Å². The van der Waals surface area contributed by atoms with Gasteiger partial charge in [0.05, 0.1) is 6.10 Å². The van der Waals surface area contributed by atoms with E-state index in [2.05, 4.69) is 0 Å². The van der Waals surface area contributed by atoms with Crippen LogP contribution in [0.4, 0.5) is 0 Å². The molecule has 1 aliphatic rings. The zero-order chi connectivity index (χ0) is 13.0. The summed E-state index contributed by atoms with van der Waals surface area (Å²) < 4.78 is 0. The van der Waals surface area contributed by atoms with E-state index in [1.807, 2.05) is 24.3 Å². The first-order valence-electron chi connectivity index (χ1n) is 6.36. The molecule has 1 aromatic carbocycles. The third kappa shape index (κ3) is 3.47. The lowest BCUT2D eigenvalue weighted by Gasteiger charge is -2.30. The van der Waals surface area contributed by atoms with Crippen molar-refractivity contribution in [2.75, 3.05) is 13.1 Å². The molecule has 0 aromatic heterocycles. The summed E-state index contributed by atoms with van der Waals surface area (Å²) in [5, 5.41) is 10.3. The molecule has 1 aromatic rings. The third-order valence-electron chi connectivity index (χ3n) is 3.32. The molecule has 1 fully saturated rings. The number of aliphatic hydroxyl groups is 1. The molecule has 0 bridgehead atoms. The molecular formula is C14H18ClNO2. The van der Waals surface area contributed by atoms with Crippen molar-refractivity contribution in [3.8, 4) is 0 Å². The lowest BCUT2D eigenvalue weighted by atomic mass is 10.1. The monoisotopic (exact) mass is 267 g/mol. The highest BCUT2D eigenvalue weighted by Gasteiger charge is 2.21. The summed E-state index contributed by atoms with van der Waals surface area (Å²) in [4.78, 5) is 13.8. The van der Waals surface area contributed by atoms with Crippen molar-refractivity contribution in [2.45, 2.75) is 31.8 Å². The predicted molar refractivity (Wildman–Crippen MR) is 71.6 cm³/mol. The molecule has 1 amide bonds. The van der Waals surface area contributed by atoms with E-state index in [-0.39, 0.29) is 12.0 Å². The van der Waals surface area contributed by atoms with E-state index in [9.17, 15) is 9.90 Å². The Hall–Kier alpha value is -1.06. The minimum Gasteiger partial charge on any atom is -0.391 e. The lowest BCUT2D eigenvalue weighted by Crippen LogP contribution is -2.42. The number of nitrogens with zero attached hydrogens (tertiary/aromatic N) is 1. The minimum atomic E-state index is -0.358. The number of aliphatic hydroxyl groups excluding tert-OH is 1. The third-order valence-corrected chi connectivity index (χ3v) is 3.68. The van der Waals surface area contributed by atoms with Gasteiger partial charge in [-0.2, -0.15) is 0 Å². The second-order valence-corrected chi connectivity index (χ2v) is 5.13. The van der Waals surface area contributed by atoms with Crippen molar-refractivity contribution in [2.24, 2.45) is 0 Å². The van der Waals surface area contributed by atoms with Crippen LogP contribution in [-0.2, 0) is 11.2 Å². The Morgan fingerprint density at radius 2 is 2.22 bits per heavy atom. The first kappa shape index (κ1) is 13.4. The second-order valence-electron chi connectivity index (χ2n) is 4.73. The molecule has 98 valence electrons. The van der Waals surface area contributed by atoms with E-state index in [0.717, 1.165) is 24.9 Å². The van der Waals surface area contributed by atoms with Gasteiger partial charge in [-0.25, -0.2) is 0 Å². The molecule has 1 atom stereocenters. The van der Waals surface area contributed by atoms with Crippen molar-refractivity contribution in [1.29, 1.82) is 0 Å². The van der Waals surface area contributed by atoms with Crippen LogP contribution in [0.3, 0.4) is 0 Å². The minimum absolute atomic E-state index is 0.105. The average molecular weight is 268 g/mol. The number of halogens is 1. The topological polar surface area (TPSA) is 40.5 Å². The molecule has 2 rings (SSSR count). The van der Waals surface area contributed by atoms with E-state index in [0.29, 0.717) is 24.4 Å². The van der Waals surface area contributed by atoms with Crippen molar-refractivity contribution in [1.82, 2.24) is 4.90 Å². The second kappa shape index (κ2) is 6.21. The summed E-state index contributed by atoms with van der Waals surface area (Å²) >= 11 is 6.05. The molecule has 0 radical (unpaired) electrons. The molecule has 0 aliphatic carbocycles. The number of rotatable bonds is 3. The fourth-order valence-corrected chi connectivity index (χ4v) is 2.51. The van der Waals surface area contributed by atoms with Gasteiger partial charge in [0.15, 0.2) is 0 Å². The van der Waals surface area contributed by atoms with Crippen LogP contribution in [0.2, 0.25) is 5.02 Å². The zero-order valence-corrected chi connectivity index (χ0v) is 11.1. The highest BCUT2D eigenvalue weighted by Crippen LogP contribution is 2.18. The number of carbonyl (C=O) groups excluding carboxylic acids is 1. The van der Waals surface area contributed by atoms with Crippen LogP contribution >= 0.6 is 11.6 Å². The van der Waals surface area contributed by atoms with Crippen molar-refractivity contribution < 1.29 is 9.90 Å². The molecule has 0 saturated carbocycles. The number of likely N-dealkylation sites (tertiary alicyclic amines) is 1. The van der Waals surface area contributed by atoms with Crippen molar-refractivity contribution >= 4 is 17.5 Å². The van der Waals surface area contributed by atoms with Gasteiger partial charge in [-0.15, -0.1) is 0 Å². The molecule has 1 N–H and O–H groups in total. The summed E-state index contributed by atoms with van der Waals surface area (Å²) in [6.07, 6.45) is 2.44. The average Bonchev–Trinajstić information content (AvgIpc) is 2.37. The number of hydrogen-bond acceptors (Lipinski definition) is 2. The molecule has 4 heteroatoms. The fraction of sp³-hybridized carbons (Fsp3) is 0.500. The fourth-order valence-electron chi connectivity index (χ4n) is 2.28. The summed E-state index contributed by atoms with van der Waals surface area (Å²) in [5.74, 6) is 0.105. The molecule has 1 aliphatic heterocycles. The molecular weight excluding hydrogens is 250 g/mol. The molecule has 3 nitrogen and oxygen atoms in total. The van der Waals surface area contributed by atoms with Crippen molar-refractivity contribution in [3.63, 3.8) is 0 Å². The Bertz CT molecular complexity index is 422. The number of aryl methyl sites for hydroxylation is 1. The maximum atomic E-state index is 12.0. The van der Waals surface area contributed by atoms with Crippen molar-refractivity contribution in [3.05, 3.63) is 34.9 Å². The summed E-state index contributed by atoms with van der Waals surface area (Å²) in [6.45, 7) is 1.24. The normalized spacial score (nSPS) is 19.9. The van der Waals surface area contributed by atoms with E-state index < -0.39 is 0 Å². The Morgan fingerprint density at radius 1 is 1.44 bits per heavy atom. The maximum absolute atomic E-state index is 12.0. The smallest absolute Gasteiger partial charge is 0.222 e. The lowest BCUT2D eigenvalue weighted by molar-refractivity contribution is -0.134. The first-order chi connectivity index (χ1) is 8.66. The van der Waals surface area contributed by atoms with Gasteiger partial charge in [0.1, 0.15) is 0 Å². The predicted octanol–water partition coefficient (Wildman–Crippen LogP) is 2.26. The number of amides is 1. The van der Waals surface area contributed by atoms with E-state index in [1.54, 1.807) is 4.90 Å². The quantitative estimate of drug-likeness (QED) is 0.913. The number of benzene rings is 1. The van der Waals surface area contributed by atoms with Gasteiger partial charge in [-0.1, -0.05) is 29.8 Å². The Morgan fingerprint density at radius 3 is 2.94 bits per heavy atom. The van der Waals surface area contributed by atoms with E-state index in [4.69, 9.17) is 11.6 Å². The van der Waals surface area contributed by atoms with Gasteiger partial charge < -0.3 is 10.0 Å². The number of piperidine rings is 1. The van der Waals surface area contributed by atoms with E-state index in [1.165, 1.54) is 0 Å². The zero-order valence-electron chi connectivity index (χ0n) is 10.3. The Balaban J connectivity index is 1.86. The summed E-state index contributed by atoms with van der Waals surface area (Å²) in [6, 6.07) is 7.59. The van der Waals surface area contributed by atoms with Crippen LogP contribution in [0.25, 0.3) is 0 Å². The molecule has 0 unspecified atom stereocenters. The molecule has 1 saturated heterocycles. The Labute approximate surface area is 112 Å². The highest BCUT2D eigenvalue weighted by atomic mass is 35.5. The number of carbonyl (C=O) groups is 1. The SMILES string of the molecule is O=C(CCc1ccccc1Cl)N1CCC[C@H](O)C1. The van der Waals surface area contributed by atoms with Crippen LogP contribution in [0.5, 0.6) is 0 Å². The van der Waals surface area contributed by atoms with E-state index >= 15 is 0 Å². The van der Waals surface area contributed by atoms with Crippen LogP contribution in [0.1, 0.15) is 24.8 Å². The molecule has 18 heavy (non-hydrogen) atoms. The summed E-state index contributed by atoms with van der Waals surface area (Å²) in [5.41, 5.74) is 1.00. The highest BCUT2D eigenvalue weighted by molar-refractivity contribution is 6.31. The van der Waals surface area contributed by atoms with Gasteiger partial charge in [0.25, 0.3) is 0 Å². The standard InChI is InChI=1S/C14H18ClNO2/c15-13-6-2-1-4-11(13)7-8-14(18)16-9-3-5-12(17)10-16/h1-2,4,6,12,17H,3,5,7-10H2/t12-/m0/s1. The van der Waals surface area contributed by atoms with Gasteiger partial charge in [-0.3, -0.25) is 4.79 Å². The summed E-state index contributed by atoms with van der Waals surface area (Å²) in [7, 11) is 0. The van der Waals surface area contributed by atoms with Crippen LogP contribution < -0.4 is 0 Å². The first-order valence-corrected chi connectivity index (χ1v) is 6.74. The van der Waals surface area contributed by atoms with Gasteiger partial charge in [0.2, 0.25) is 5.91 Å². The largest absolute Gasteiger partial charge is 0.391 e. The van der Waals surface area contributed by atoms with Gasteiger partial charge in [-0.05, 0) is 30.9 Å². The number of β-amino-alcohol motifs (C(OH)–C–C–N with tert-alkyl or cyclic N) is 1.